The molecule has 0 saturated carbocycles. The van der Waals surface area contributed by atoms with Gasteiger partial charge in [0.1, 0.15) is 11.6 Å². The lowest BCUT2D eigenvalue weighted by atomic mass is 10.3. The van der Waals surface area contributed by atoms with E-state index in [9.17, 15) is 9.18 Å². The number of hydrogen-bond acceptors (Lipinski definition) is 2. The number of benzene rings is 1. The maximum atomic E-state index is 12.6. The Bertz CT molecular complexity index is 327. The molecular weight excluding hydrogens is 243 g/mol. The summed E-state index contributed by atoms with van der Waals surface area (Å²) in [7, 11) is 0. The van der Waals surface area contributed by atoms with Crippen molar-refractivity contribution in [2.24, 2.45) is 0 Å². The Kier molecular flexibility index (Phi) is 3.25. The van der Waals surface area contributed by atoms with E-state index in [-0.39, 0.29) is 5.75 Å². The van der Waals surface area contributed by atoms with Crippen LogP contribution in [0.1, 0.15) is 0 Å². The second kappa shape index (κ2) is 4.23. The van der Waals surface area contributed by atoms with Crippen molar-refractivity contribution in [3.8, 4) is 5.75 Å². The average molecular weight is 249 g/mol. The van der Waals surface area contributed by atoms with Crippen molar-refractivity contribution in [3.63, 3.8) is 0 Å². The van der Waals surface area contributed by atoms with Gasteiger partial charge in [-0.15, -0.1) is 0 Å². The molecule has 0 aromatic heterocycles. The van der Waals surface area contributed by atoms with Crippen LogP contribution in [-0.4, -0.2) is 17.7 Å². The Labute approximate surface area is 82.3 Å². The molecule has 0 fully saturated rings. The van der Waals surface area contributed by atoms with Crippen LogP contribution < -0.4 is 4.74 Å². The molecule has 0 atom stereocenters. The van der Waals surface area contributed by atoms with Crippen LogP contribution in [0.3, 0.4) is 0 Å². The van der Waals surface area contributed by atoms with E-state index in [4.69, 9.17) is 9.84 Å². The van der Waals surface area contributed by atoms with Crippen LogP contribution in [-0.2, 0) is 4.79 Å². The molecule has 70 valence electrons. The van der Waals surface area contributed by atoms with Gasteiger partial charge in [-0.2, -0.15) is 0 Å². The number of ether oxygens (including phenoxy) is 1. The lowest BCUT2D eigenvalue weighted by Crippen LogP contribution is -2.09. The largest absolute Gasteiger partial charge is 0.481 e. The molecule has 0 bridgehead atoms. The quantitative estimate of drug-likeness (QED) is 0.891. The van der Waals surface area contributed by atoms with Crippen molar-refractivity contribution in [2.45, 2.75) is 0 Å². The lowest BCUT2D eigenvalue weighted by molar-refractivity contribution is -0.139. The Morgan fingerprint density at radius 3 is 2.92 bits per heavy atom. The highest BCUT2D eigenvalue weighted by molar-refractivity contribution is 9.10. The first-order valence-electron chi connectivity index (χ1n) is 3.39. The van der Waals surface area contributed by atoms with E-state index in [1.54, 1.807) is 0 Å². The first kappa shape index (κ1) is 9.98. The minimum atomic E-state index is -1.10. The summed E-state index contributed by atoms with van der Waals surface area (Å²) in [5.41, 5.74) is 0. The Morgan fingerprint density at radius 2 is 2.31 bits per heavy atom. The van der Waals surface area contributed by atoms with Crippen molar-refractivity contribution in [1.82, 2.24) is 0 Å². The van der Waals surface area contributed by atoms with Crippen LogP contribution in [0.15, 0.2) is 22.7 Å². The zero-order chi connectivity index (χ0) is 9.84. The third-order valence-corrected chi connectivity index (χ3v) is 1.90. The number of halogens is 2. The third kappa shape index (κ3) is 3.02. The molecule has 1 N–H and O–H groups in total. The highest BCUT2D eigenvalue weighted by atomic mass is 79.9. The van der Waals surface area contributed by atoms with Gasteiger partial charge in [0.15, 0.2) is 6.61 Å². The average Bonchev–Trinajstić information content (AvgIpc) is 2.06. The SMILES string of the molecule is O=C(O)COc1cc(F)ccc1Br. The van der Waals surface area contributed by atoms with E-state index in [2.05, 4.69) is 15.9 Å². The van der Waals surface area contributed by atoms with Crippen molar-refractivity contribution in [2.75, 3.05) is 6.61 Å². The van der Waals surface area contributed by atoms with E-state index in [0.717, 1.165) is 6.07 Å². The molecule has 13 heavy (non-hydrogen) atoms. The summed E-state index contributed by atoms with van der Waals surface area (Å²) < 4.78 is 17.9. The summed E-state index contributed by atoms with van der Waals surface area (Å²) in [6.07, 6.45) is 0. The standard InChI is InChI=1S/C8H6BrFO3/c9-6-2-1-5(10)3-7(6)13-4-8(11)12/h1-3H,4H2,(H,11,12). The summed E-state index contributed by atoms with van der Waals surface area (Å²) in [4.78, 5) is 10.1. The highest BCUT2D eigenvalue weighted by Crippen LogP contribution is 2.25. The topological polar surface area (TPSA) is 46.5 Å². The fourth-order valence-electron chi connectivity index (χ4n) is 0.727. The third-order valence-electron chi connectivity index (χ3n) is 1.24. The van der Waals surface area contributed by atoms with Gasteiger partial charge >= 0.3 is 5.97 Å². The van der Waals surface area contributed by atoms with Crippen LogP contribution in [0, 0.1) is 5.82 Å². The summed E-state index contributed by atoms with van der Waals surface area (Å²) in [5, 5.41) is 8.30. The van der Waals surface area contributed by atoms with Crippen molar-refractivity contribution in [1.29, 1.82) is 0 Å². The minimum absolute atomic E-state index is 0.183. The second-order valence-electron chi connectivity index (χ2n) is 2.26. The maximum absolute atomic E-state index is 12.6. The molecule has 0 spiro atoms. The van der Waals surface area contributed by atoms with Gasteiger partial charge in [-0.25, -0.2) is 9.18 Å². The molecule has 5 heteroatoms. The molecule has 0 aliphatic heterocycles. The number of hydrogen-bond donors (Lipinski definition) is 1. The van der Waals surface area contributed by atoms with Crippen molar-refractivity contribution in [3.05, 3.63) is 28.5 Å². The maximum Gasteiger partial charge on any atom is 0.341 e. The number of carboxylic acids is 1. The molecule has 1 aromatic rings. The van der Waals surface area contributed by atoms with Gasteiger partial charge in [-0.1, -0.05) is 0 Å². The number of carbonyl (C=O) groups is 1. The van der Waals surface area contributed by atoms with Gasteiger partial charge in [0, 0.05) is 6.07 Å². The molecule has 0 aliphatic rings. The molecular formula is C8H6BrFO3. The molecule has 0 saturated heterocycles. The number of carboxylic acid groups (broad SMARTS) is 1. The van der Waals surface area contributed by atoms with Crippen LogP contribution in [0.2, 0.25) is 0 Å². The lowest BCUT2D eigenvalue weighted by Gasteiger charge is -2.04. The van der Waals surface area contributed by atoms with Gasteiger partial charge in [0.25, 0.3) is 0 Å². The first-order chi connectivity index (χ1) is 6.09. The van der Waals surface area contributed by atoms with Crippen LogP contribution >= 0.6 is 15.9 Å². The predicted octanol–water partition coefficient (Wildman–Crippen LogP) is 2.05. The van der Waals surface area contributed by atoms with E-state index in [1.165, 1.54) is 12.1 Å². The summed E-state index contributed by atoms with van der Waals surface area (Å²) >= 11 is 3.10. The molecule has 0 radical (unpaired) electrons. The zero-order valence-electron chi connectivity index (χ0n) is 6.46. The predicted molar refractivity (Wildman–Crippen MR) is 47.2 cm³/mol. The number of rotatable bonds is 3. The van der Waals surface area contributed by atoms with Gasteiger partial charge < -0.3 is 9.84 Å². The highest BCUT2D eigenvalue weighted by Gasteiger charge is 2.04. The van der Waals surface area contributed by atoms with E-state index in [1.807, 2.05) is 0 Å². The molecule has 0 aliphatic carbocycles. The number of aliphatic carboxylic acids is 1. The van der Waals surface area contributed by atoms with E-state index < -0.39 is 18.4 Å². The zero-order valence-corrected chi connectivity index (χ0v) is 8.04. The normalized spacial score (nSPS) is 9.69. The molecule has 0 heterocycles. The monoisotopic (exact) mass is 248 g/mol. The molecule has 3 nitrogen and oxygen atoms in total. The van der Waals surface area contributed by atoms with Crippen LogP contribution in [0.4, 0.5) is 4.39 Å². The van der Waals surface area contributed by atoms with E-state index >= 15 is 0 Å². The van der Waals surface area contributed by atoms with Gasteiger partial charge in [0.2, 0.25) is 0 Å². The Hall–Kier alpha value is -1.10. The summed E-state index contributed by atoms with van der Waals surface area (Å²) in [6, 6.07) is 3.82. The van der Waals surface area contributed by atoms with Gasteiger partial charge in [-0.3, -0.25) is 0 Å². The van der Waals surface area contributed by atoms with Crippen LogP contribution in [0.5, 0.6) is 5.75 Å². The fraction of sp³-hybridized carbons (Fsp3) is 0.125. The fourth-order valence-corrected chi connectivity index (χ4v) is 1.09. The summed E-state index contributed by atoms with van der Waals surface area (Å²) in [6.45, 7) is -0.484. The smallest absolute Gasteiger partial charge is 0.341 e. The van der Waals surface area contributed by atoms with Crippen molar-refractivity contribution >= 4 is 21.9 Å². The van der Waals surface area contributed by atoms with Gasteiger partial charge in [0.05, 0.1) is 4.47 Å². The molecule has 1 rings (SSSR count). The Morgan fingerprint density at radius 1 is 1.62 bits per heavy atom. The van der Waals surface area contributed by atoms with Gasteiger partial charge in [-0.05, 0) is 28.1 Å². The second-order valence-corrected chi connectivity index (χ2v) is 3.11. The molecule has 0 unspecified atom stereocenters. The van der Waals surface area contributed by atoms with Crippen LogP contribution in [0.25, 0.3) is 0 Å². The molecule has 1 aromatic carbocycles. The van der Waals surface area contributed by atoms with E-state index in [0.29, 0.717) is 4.47 Å². The van der Waals surface area contributed by atoms with Crippen molar-refractivity contribution < 1.29 is 19.0 Å². The minimum Gasteiger partial charge on any atom is -0.481 e. The molecule has 0 amide bonds. The Balaban J connectivity index is 2.75. The summed E-state index contributed by atoms with van der Waals surface area (Å²) in [5.74, 6) is -1.39. The first-order valence-corrected chi connectivity index (χ1v) is 4.18.